The maximum absolute atomic E-state index is 13.0. The molecule has 2 heterocycles. The van der Waals surface area contributed by atoms with E-state index in [1.807, 2.05) is 7.05 Å². The second-order valence-corrected chi connectivity index (χ2v) is 8.88. The molecule has 1 N–H and O–H groups in total. The van der Waals surface area contributed by atoms with E-state index in [1.54, 1.807) is 12.1 Å². The molecule has 8 nitrogen and oxygen atoms in total. The lowest BCUT2D eigenvalue weighted by Crippen LogP contribution is -2.40. The molecule has 1 aromatic carbocycles. The van der Waals surface area contributed by atoms with Crippen molar-refractivity contribution in [2.24, 2.45) is 5.92 Å². The first-order valence-corrected chi connectivity index (χ1v) is 10.6. The summed E-state index contributed by atoms with van der Waals surface area (Å²) in [7, 11) is -0.294. The van der Waals surface area contributed by atoms with Crippen LogP contribution in [0.15, 0.2) is 23.1 Å². The zero-order valence-electron chi connectivity index (χ0n) is 15.8. The molecule has 1 amide bonds. The van der Waals surface area contributed by atoms with Gasteiger partial charge in [0.15, 0.2) is 0 Å². The van der Waals surface area contributed by atoms with Crippen molar-refractivity contribution in [3.63, 3.8) is 0 Å². The maximum atomic E-state index is 13.0. The lowest BCUT2D eigenvalue weighted by Gasteiger charge is -2.29. The zero-order chi connectivity index (χ0) is 19.4. The number of carbonyl (C=O) groups is 1. The van der Waals surface area contributed by atoms with Crippen molar-refractivity contribution in [2.75, 3.05) is 58.9 Å². The van der Waals surface area contributed by atoms with Crippen LogP contribution in [0.25, 0.3) is 0 Å². The topological polar surface area (TPSA) is 88.2 Å². The van der Waals surface area contributed by atoms with Crippen molar-refractivity contribution >= 4 is 21.6 Å². The zero-order valence-corrected chi connectivity index (χ0v) is 16.6. The van der Waals surface area contributed by atoms with E-state index >= 15 is 0 Å². The average molecular weight is 397 g/mol. The Morgan fingerprint density at radius 1 is 1.26 bits per heavy atom. The van der Waals surface area contributed by atoms with E-state index < -0.39 is 10.0 Å². The van der Waals surface area contributed by atoms with Gasteiger partial charge >= 0.3 is 0 Å². The number of sulfonamides is 1. The number of hydrogen-bond acceptors (Lipinski definition) is 6. The highest BCUT2D eigenvalue weighted by atomic mass is 32.2. The number of benzene rings is 1. The number of anilines is 1. The molecular weight excluding hydrogens is 370 g/mol. The quantitative estimate of drug-likeness (QED) is 0.797. The predicted molar refractivity (Wildman–Crippen MR) is 101 cm³/mol. The largest absolute Gasteiger partial charge is 0.495 e. The van der Waals surface area contributed by atoms with Crippen LogP contribution in [0.1, 0.15) is 12.8 Å². The SMILES string of the molecule is COc1ccc(NC(=O)C2CCCN(C)C2)cc1S(=O)(=O)N1CCOCC1. The third kappa shape index (κ3) is 4.60. The smallest absolute Gasteiger partial charge is 0.246 e. The summed E-state index contributed by atoms with van der Waals surface area (Å²) in [6, 6.07) is 4.73. The van der Waals surface area contributed by atoms with Gasteiger partial charge in [-0.25, -0.2) is 8.42 Å². The molecule has 1 aromatic rings. The molecule has 0 radical (unpaired) electrons. The summed E-state index contributed by atoms with van der Waals surface area (Å²) < 4.78 is 37.9. The number of hydrogen-bond donors (Lipinski definition) is 1. The molecule has 1 unspecified atom stereocenters. The van der Waals surface area contributed by atoms with E-state index in [0.29, 0.717) is 38.5 Å². The molecule has 27 heavy (non-hydrogen) atoms. The number of carbonyl (C=O) groups excluding carboxylic acids is 1. The summed E-state index contributed by atoms with van der Waals surface area (Å²) in [5, 5.41) is 2.87. The van der Waals surface area contributed by atoms with Gasteiger partial charge in [0.1, 0.15) is 10.6 Å². The number of piperidine rings is 1. The van der Waals surface area contributed by atoms with Gasteiger partial charge in [0.05, 0.1) is 26.2 Å². The van der Waals surface area contributed by atoms with Crippen molar-refractivity contribution < 1.29 is 22.7 Å². The lowest BCUT2D eigenvalue weighted by molar-refractivity contribution is -0.121. The van der Waals surface area contributed by atoms with Crippen LogP contribution in [0.2, 0.25) is 0 Å². The molecule has 0 saturated carbocycles. The van der Waals surface area contributed by atoms with Gasteiger partial charge in [0.25, 0.3) is 0 Å². The van der Waals surface area contributed by atoms with Gasteiger partial charge in [0, 0.05) is 25.3 Å². The number of rotatable bonds is 5. The molecule has 9 heteroatoms. The summed E-state index contributed by atoms with van der Waals surface area (Å²) >= 11 is 0. The van der Waals surface area contributed by atoms with Gasteiger partial charge in [-0.2, -0.15) is 4.31 Å². The number of methoxy groups -OCH3 is 1. The molecule has 2 aliphatic heterocycles. The molecule has 3 rings (SSSR count). The first-order chi connectivity index (χ1) is 12.9. The monoisotopic (exact) mass is 397 g/mol. The molecule has 0 aromatic heterocycles. The maximum Gasteiger partial charge on any atom is 0.246 e. The number of amides is 1. The highest BCUT2D eigenvalue weighted by Crippen LogP contribution is 2.30. The van der Waals surface area contributed by atoms with Gasteiger partial charge in [0.2, 0.25) is 15.9 Å². The minimum absolute atomic E-state index is 0.0606. The molecule has 0 aliphatic carbocycles. The van der Waals surface area contributed by atoms with Crippen LogP contribution in [-0.2, 0) is 19.6 Å². The minimum atomic E-state index is -3.73. The van der Waals surface area contributed by atoms with E-state index in [4.69, 9.17) is 9.47 Å². The molecule has 2 aliphatic rings. The Hall–Kier alpha value is -1.68. The number of morpholine rings is 1. The molecule has 150 valence electrons. The Kier molecular flexibility index (Phi) is 6.36. The van der Waals surface area contributed by atoms with Crippen LogP contribution >= 0.6 is 0 Å². The van der Waals surface area contributed by atoms with Gasteiger partial charge in [-0.15, -0.1) is 0 Å². The van der Waals surface area contributed by atoms with Crippen molar-refractivity contribution in [2.45, 2.75) is 17.7 Å². The summed E-state index contributed by atoms with van der Waals surface area (Å²) in [6.45, 7) is 3.04. The summed E-state index contributed by atoms with van der Waals surface area (Å²) in [4.78, 5) is 14.8. The van der Waals surface area contributed by atoms with Crippen LogP contribution in [0.5, 0.6) is 5.75 Å². The van der Waals surface area contributed by atoms with E-state index in [-0.39, 0.29) is 22.5 Å². The van der Waals surface area contributed by atoms with Crippen LogP contribution in [-0.4, -0.2) is 77.1 Å². The van der Waals surface area contributed by atoms with Crippen molar-refractivity contribution in [1.82, 2.24) is 9.21 Å². The second kappa shape index (κ2) is 8.55. The van der Waals surface area contributed by atoms with Gasteiger partial charge < -0.3 is 19.7 Å². The first-order valence-electron chi connectivity index (χ1n) is 9.17. The Bertz CT molecular complexity index is 777. The second-order valence-electron chi connectivity index (χ2n) is 6.97. The van der Waals surface area contributed by atoms with Crippen molar-refractivity contribution in [1.29, 1.82) is 0 Å². The van der Waals surface area contributed by atoms with Crippen LogP contribution in [0.4, 0.5) is 5.69 Å². The Morgan fingerprint density at radius 3 is 2.67 bits per heavy atom. The van der Waals surface area contributed by atoms with Crippen LogP contribution < -0.4 is 10.1 Å². The highest BCUT2D eigenvalue weighted by Gasteiger charge is 2.30. The molecule has 1 atom stereocenters. The first kappa shape index (κ1) is 20.1. The molecule has 0 bridgehead atoms. The van der Waals surface area contributed by atoms with Gasteiger partial charge in [-0.05, 0) is 44.6 Å². The van der Waals surface area contributed by atoms with Crippen molar-refractivity contribution in [3.8, 4) is 5.75 Å². The van der Waals surface area contributed by atoms with Gasteiger partial charge in [-0.3, -0.25) is 4.79 Å². The van der Waals surface area contributed by atoms with Gasteiger partial charge in [-0.1, -0.05) is 0 Å². The van der Waals surface area contributed by atoms with E-state index in [0.717, 1.165) is 19.4 Å². The molecule has 2 saturated heterocycles. The van der Waals surface area contributed by atoms with E-state index in [9.17, 15) is 13.2 Å². The third-order valence-electron chi connectivity index (χ3n) is 5.01. The number of likely N-dealkylation sites (tertiary alicyclic amines) is 1. The van der Waals surface area contributed by atoms with Crippen LogP contribution in [0.3, 0.4) is 0 Å². The molecular formula is C18H27N3O5S. The normalized spacial score (nSPS) is 22.4. The van der Waals surface area contributed by atoms with Crippen molar-refractivity contribution in [3.05, 3.63) is 18.2 Å². The molecule has 2 fully saturated rings. The standard InChI is InChI=1S/C18H27N3O5S/c1-20-7-3-4-14(13-20)18(22)19-15-5-6-16(25-2)17(12-15)27(23,24)21-8-10-26-11-9-21/h5-6,12,14H,3-4,7-11,13H2,1-2H3,(H,19,22). The predicted octanol–water partition coefficient (Wildman–Crippen LogP) is 0.996. The summed E-state index contributed by atoms with van der Waals surface area (Å²) in [6.07, 6.45) is 1.82. The average Bonchev–Trinajstić information content (AvgIpc) is 2.68. The van der Waals surface area contributed by atoms with E-state index in [2.05, 4.69) is 10.2 Å². The summed E-state index contributed by atoms with van der Waals surface area (Å²) in [5.74, 6) is 0.0866. The fourth-order valence-electron chi connectivity index (χ4n) is 3.51. The highest BCUT2D eigenvalue weighted by molar-refractivity contribution is 7.89. The lowest BCUT2D eigenvalue weighted by atomic mass is 9.97. The Labute approximate surface area is 160 Å². The Morgan fingerprint density at radius 2 is 2.00 bits per heavy atom. The number of ether oxygens (including phenoxy) is 2. The Balaban J connectivity index is 1.81. The number of nitrogens with zero attached hydrogens (tertiary/aromatic N) is 2. The van der Waals surface area contributed by atoms with E-state index in [1.165, 1.54) is 17.5 Å². The fraction of sp³-hybridized carbons (Fsp3) is 0.611. The minimum Gasteiger partial charge on any atom is -0.495 e. The number of nitrogens with one attached hydrogen (secondary N) is 1. The van der Waals surface area contributed by atoms with Crippen LogP contribution in [0, 0.1) is 5.92 Å². The summed E-state index contributed by atoms with van der Waals surface area (Å²) in [5.41, 5.74) is 0.459. The fourth-order valence-corrected chi connectivity index (χ4v) is 5.10. The molecule has 0 spiro atoms. The third-order valence-corrected chi connectivity index (χ3v) is 6.93.